The summed E-state index contributed by atoms with van der Waals surface area (Å²) in [4.78, 5) is 12.2. The zero-order valence-electron chi connectivity index (χ0n) is 13.3. The van der Waals surface area contributed by atoms with E-state index < -0.39 is 0 Å². The molecule has 22 heavy (non-hydrogen) atoms. The molecule has 0 spiro atoms. The summed E-state index contributed by atoms with van der Waals surface area (Å²) >= 11 is 0. The van der Waals surface area contributed by atoms with Crippen LogP contribution in [0.2, 0.25) is 0 Å². The average molecular weight is 301 g/mol. The van der Waals surface area contributed by atoms with Gasteiger partial charge in [-0.1, -0.05) is 0 Å². The van der Waals surface area contributed by atoms with Crippen molar-refractivity contribution < 1.29 is 14.3 Å². The van der Waals surface area contributed by atoms with Gasteiger partial charge >= 0.3 is 0 Å². The zero-order valence-corrected chi connectivity index (χ0v) is 13.3. The maximum atomic E-state index is 12.2. The lowest BCUT2D eigenvalue weighted by atomic mass is 9.52. The van der Waals surface area contributed by atoms with E-state index in [0.29, 0.717) is 24.2 Å². The summed E-state index contributed by atoms with van der Waals surface area (Å²) in [6.45, 7) is 1.00. The Balaban J connectivity index is 1.90. The van der Waals surface area contributed by atoms with Gasteiger partial charge in [0.2, 0.25) is 0 Å². The van der Waals surface area contributed by atoms with Crippen molar-refractivity contribution in [3.8, 4) is 11.5 Å². The molecule has 1 N–H and O–H groups in total. The molecule has 118 valence electrons. The van der Waals surface area contributed by atoms with Crippen LogP contribution in [0.25, 0.3) is 0 Å². The van der Waals surface area contributed by atoms with Crippen LogP contribution in [0.1, 0.15) is 36.8 Å². The molecule has 2 fully saturated rings. The number of rotatable bonds is 2. The van der Waals surface area contributed by atoms with E-state index in [1.807, 2.05) is 0 Å². The summed E-state index contributed by atoms with van der Waals surface area (Å²) in [6, 6.07) is 4.75. The Labute approximate surface area is 131 Å². The van der Waals surface area contributed by atoms with Gasteiger partial charge in [-0.05, 0) is 55.0 Å². The number of methoxy groups -OCH3 is 2. The summed E-state index contributed by atoms with van der Waals surface area (Å²) in [7, 11) is 3.36. The van der Waals surface area contributed by atoms with Gasteiger partial charge < -0.3 is 14.8 Å². The number of benzene rings is 1. The highest BCUT2D eigenvalue weighted by atomic mass is 16.5. The Morgan fingerprint density at radius 2 is 2.00 bits per heavy atom. The summed E-state index contributed by atoms with van der Waals surface area (Å²) in [5, 5.41) is 3.68. The van der Waals surface area contributed by atoms with E-state index in [0.717, 1.165) is 43.7 Å². The number of nitrogens with one attached hydrogen (secondary N) is 1. The van der Waals surface area contributed by atoms with Crippen molar-refractivity contribution in [1.82, 2.24) is 5.32 Å². The van der Waals surface area contributed by atoms with Crippen LogP contribution in [0.4, 0.5) is 0 Å². The molecule has 1 saturated heterocycles. The number of hydrogen-bond donors (Lipinski definition) is 1. The second-order valence-corrected chi connectivity index (χ2v) is 6.90. The minimum Gasteiger partial charge on any atom is -0.493 e. The van der Waals surface area contributed by atoms with E-state index in [1.54, 1.807) is 14.2 Å². The minimum atomic E-state index is 0.0123. The highest BCUT2D eigenvalue weighted by Gasteiger charge is 2.53. The van der Waals surface area contributed by atoms with Gasteiger partial charge in [0.15, 0.2) is 11.5 Å². The number of hydrogen-bond acceptors (Lipinski definition) is 4. The molecule has 0 radical (unpaired) electrons. The summed E-state index contributed by atoms with van der Waals surface area (Å²) in [5.41, 5.74) is 2.67. The number of carbonyl (C=O) groups excluding carboxylic acids is 1. The maximum Gasteiger partial charge on any atom is 0.161 e. The Morgan fingerprint density at radius 1 is 1.23 bits per heavy atom. The molecule has 1 saturated carbocycles. The Hall–Kier alpha value is -1.55. The van der Waals surface area contributed by atoms with Crippen molar-refractivity contribution in [2.75, 3.05) is 20.8 Å². The maximum absolute atomic E-state index is 12.2. The fraction of sp³-hybridized carbons (Fsp3) is 0.611. The molecule has 1 aromatic carbocycles. The van der Waals surface area contributed by atoms with Crippen LogP contribution in [0.3, 0.4) is 0 Å². The Morgan fingerprint density at radius 3 is 2.77 bits per heavy atom. The molecule has 1 aliphatic heterocycles. The lowest BCUT2D eigenvalue weighted by Crippen LogP contribution is -2.60. The van der Waals surface area contributed by atoms with Crippen LogP contribution in [0, 0.1) is 5.92 Å². The predicted octanol–water partition coefficient (Wildman–Crippen LogP) is 2.23. The van der Waals surface area contributed by atoms with Crippen molar-refractivity contribution in [2.45, 2.75) is 43.6 Å². The van der Waals surface area contributed by atoms with Crippen LogP contribution in [-0.2, 0) is 16.6 Å². The SMILES string of the molecule is COc1cc2c(cc1OC)C13CCNC(C2)C1CCC(=O)C3. The van der Waals surface area contributed by atoms with Crippen LogP contribution in [-0.4, -0.2) is 32.6 Å². The van der Waals surface area contributed by atoms with E-state index in [-0.39, 0.29) is 5.41 Å². The third-order valence-corrected chi connectivity index (χ3v) is 6.01. The Bertz CT molecular complexity index is 627. The van der Waals surface area contributed by atoms with Gasteiger partial charge in [0.1, 0.15) is 5.78 Å². The molecular weight excluding hydrogens is 278 g/mol. The summed E-state index contributed by atoms with van der Waals surface area (Å²) < 4.78 is 11.0. The summed E-state index contributed by atoms with van der Waals surface area (Å²) in [5.74, 6) is 2.56. The molecule has 1 heterocycles. The van der Waals surface area contributed by atoms with Gasteiger partial charge in [-0.2, -0.15) is 0 Å². The van der Waals surface area contributed by atoms with Gasteiger partial charge in [0, 0.05) is 24.3 Å². The van der Waals surface area contributed by atoms with Gasteiger partial charge in [-0.3, -0.25) is 4.79 Å². The molecule has 3 unspecified atom stereocenters. The van der Waals surface area contributed by atoms with E-state index >= 15 is 0 Å². The third kappa shape index (κ3) is 1.83. The van der Waals surface area contributed by atoms with Crippen molar-refractivity contribution in [1.29, 1.82) is 0 Å². The zero-order chi connectivity index (χ0) is 15.3. The fourth-order valence-corrected chi connectivity index (χ4v) is 5.08. The molecule has 3 aliphatic rings. The first-order valence-electron chi connectivity index (χ1n) is 8.18. The van der Waals surface area contributed by atoms with Crippen molar-refractivity contribution in [3.63, 3.8) is 0 Å². The molecule has 4 heteroatoms. The van der Waals surface area contributed by atoms with Gasteiger partial charge in [-0.25, -0.2) is 0 Å². The molecule has 2 aliphatic carbocycles. The smallest absolute Gasteiger partial charge is 0.161 e. The monoisotopic (exact) mass is 301 g/mol. The topological polar surface area (TPSA) is 47.6 Å². The second kappa shape index (κ2) is 4.98. The lowest BCUT2D eigenvalue weighted by Gasteiger charge is -2.55. The lowest BCUT2D eigenvalue weighted by molar-refractivity contribution is -0.125. The third-order valence-electron chi connectivity index (χ3n) is 6.01. The number of ketones is 1. The minimum absolute atomic E-state index is 0.0123. The molecule has 0 amide bonds. The quantitative estimate of drug-likeness (QED) is 0.910. The van der Waals surface area contributed by atoms with Crippen molar-refractivity contribution in [3.05, 3.63) is 23.3 Å². The van der Waals surface area contributed by atoms with Crippen molar-refractivity contribution >= 4 is 5.78 Å². The van der Waals surface area contributed by atoms with Crippen molar-refractivity contribution in [2.24, 2.45) is 5.92 Å². The molecular formula is C18H23NO3. The van der Waals surface area contributed by atoms with Gasteiger partial charge in [-0.15, -0.1) is 0 Å². The van der Waals surface area contributed by atoms with E-state index in [1.165, 1.54) is 11.1 Å². The van der Waals surface area contributed by atoms with Crippen LogP contribution in [0.15, 0.2) is 12.1 Å². The first kappa shape index (κ1) is 14.1. The molecule has 1 aromatic rings. The van der Waals surface area contributed by atoms with E-state index in [2.05, 4.69) is 17.4 Å². The summed E-state index contributed by atoms with van der Waals surface area (Å²) in [6.07, 6.45) is 4.52. The first-order valence-corrected chi connectivity index (χ1v) is 8.18. The predicted molar refractivity (Wildman–Crippen MR) is 83.7 cm³/mol. The van der Waals surface area contributed by atoms with Gasteiger partial charge in [0.05, 0.1) is 14.2 Å². The van der Waals surface area contributed by atoms with E-state index in [9.17, 15) is 4.79 Å². The molecule has 2 bridgehead atoms. The van der Waals surface area contributed by atoms with Crippen LogP contribution < -0.4 is 14.8 Å². The van der Waals surface area contributed by atoms with Crippen LogP contribution >= 0.6 is 0 Å². The molecule has 0 aromatic heterocycles. The first-order chi connectivity index (χ1) is 10.7. The highest BCUT2D eigenvalue weighted by Crippen LogP contribution is 2.54. The number of piperidine rings is 1. The number of Topliss-reactive ketones (excluding diaryl/α,β-unsaturated/α-hetero) is 1. The molecule has 4 nitrogen and oxygen atoms in total. The normalized spacial score (nSPS) is 32.9. The Kier molecular flexibility index (Phi) is 3.19. The molecule has 3 atom stereocenters. The number of fused-ring (bicyclic) bond motifs is 1. The average Bonchev–Trinajstić information content (AvgIpc) is 2.53. The van der Waals surface area contributed by atoms with Crippen LogP contribution in [0.5, 0.6) is 11.5 Å². The number of ether oxygens (including phenoxy) is 2. The highest BCUT2D eigenvalue weighted by molar-refractivity contribution is 5.81. The molecule has 4 rings (SSSR count). The largest absolute Gasteiger partial charge is 0.493 e. The second-order valence-electron chi connectivity index (χ2n) is 6.90. The van der Waals surface area contributed by atoms with E-state index in [4.69, 9.17) is 9.47 Å². The van der Waals surface area contributed by atoms with Gasteiger partial charge in [0.25, 0.3) is 0 Å². The standard InChI is InChI=1S/C18H23NO3/c1-21-16-8-11-7-15-13-4-3-12(20)10-18(13,5-6-19-15)14(11)9-17(16)22-2/h8-9,13,15,19H,3-7,10H2,1-2H3. The number of carbonyl (C=O) groups is 1. The fourth-order valence-electron chi connectivity index (χ4n) is 5.08.